The molecule has 0 aromatic heterocycles. The Labute approximate surface area is 123 Å². The number of nitrogens with zero attached hydrogens (tertiary/aromatic N) is 2. The van der Waals surface area contributed by atoms with Gasteiger partial charge in [-0.25, -0.2) is 0 Å². The summed E-state index contributed by atoms with van der Waals surface area (Å²) in [5, 5.41) is 0. The van der Waals surface area contributed by atoms with Crippen LogP contribution in [0.2, 0.25) is 0 Å². The van der Waals surface area contributed by atoms with Crippen molar-refractivity contribution in [3.8, 4) is 0 Å². The lowest BCUT2D eigenvalue weighted by Crippen LogP contribution is -2.41. The highest BCUT2D eigenvalue weighted by Crippen LogP contribution is 2.34. The third kappa shape index (κ3) is 2.35. The van der Waals surface area contributed by atoms with Gasteiger partial charge in [0.2, 0.25) is 0 Å². The van der Waals surface area contributed by atoms with Crippen molar-refractivity contribution in [2.24, 2.45) is 0 Å². The van der Waals surface area contributed by atoms with E-state index in [-0.39, 0.29) is 0 Å². The summed E-state index contributed by atoms with van der Waals surface area (Å²) in [5.41, 5.74) is 5.72. The van der Waals surface area contributed by atoms with Crippen LogP contribution < -0.4 is 4.90 Å². The van der Waals surface area contributed by atoms with Crippen molar-refractivity contribution in [1.82, 2.24) is 4.90 Å². The molecule has 0 spiro atoms. The Bertz CT molecular complexity index is 465. The molecule has 2 fully saturated rings. The van der Waals surface area contributed by atoms with Gasteiger partial charge in [0.05, 0.1) is 6.17 Å². The SMILES string of the molecule is Cc1cc(C)c(N2CCN(C3CCCC3)C2C)c(C)c1. The molecule has 1 heterocycles. The first-order valence-electron chi connectivity index (χ1n) is 8.18. The van der Waals surface area contributed by atoms with Gasteiger partial charge >= 0.3 is 0 Å². The molecule has 1 atom stereocenters. The minimum Gasteiger partial charge on any atom is -0.354 e. The molecule has 1 aliphatic carbocycles. The molecule has 1 saturated carbocycles. The second kappa shape index (κ2) is 5.40. The molecule has 1 aromatic carbocycles. The zero-order valence-corrected chi connectivity index (χ0v) is 13.4. The number of hydrogen-bond donors (Lipinski definition) is 0. The summed E-state index contributed by atoms with van der Waals surface area (Å²) < 4.78 is 0. The van der Waals surface area contributed by atoms with Crippen molar-refractivity contribution in [2.45, 2.75) is 65.6 Å². The van der Waals surface area contributed by atoms with Gasteiger partial charge in [-0.3, -0.25) is 4.90 Å². The van der Waals surface area contributed by atoms with Gasteiger partial charge in [0.25, 0.3) is 0 Å². The summed E-state index contributed by atoms with van der Waals surface area (Å²) in [5.74, 6) is 0. The van der Waals surface area contributed by atoms with E-state index in [0.717, 1.165) is 6.04 Å². The van der Waals surface area contributed by atoms with Crippen LogP contribution in [0.15, 0.2) is 12.1 Å². The Morgan fingerprint density at radius 3 is 2.15 bits per heavy atom. The Balaban J connectivity index is 1.85. The Kier molecular flexibility index (Phi) is 3.76. The van der Waals surface area contributed by atoms with Crippen molar-refractivity contribution in [3.05, 3.63) is 28.8 Å². The van der Waals surface area contributed by atoms with Crippen molar-refractivity contribution >= 4 is 5.69 Å². The standard InChI is InChI=1S/C18H28N2/c1-13-11-14(2)18(15(3)12-13)20-10-9-19(16(20)4)17-7-5-6-8-17/h11-12,16-17H,5-10H2,1-4H3. The number of anilines is 1. The zero-order valence-electron chi connectivity index (χ0n) is 13.4. The second-order valence-corrected chi connectivity index (χ2v) is 6.75. The van der Waals surface area contributed by atoms with E-state index in [4.69, 9.17) is 0 Å². The van der Waals surface area contributed by atoms with Gasteiger partial charge in [-0.15, -0.1) is 0 Å². The summed E-state index contributed by atoms with van der Waals surface area (Å²) >= 11 is 0. The maximum Gasteiger partial charge on any atom is 0.0795 e. The van der Waals surface area contributed by atoms with Crippen LogP contribution in [0.5, 0.6) is 0 Å². The molecule has 0 bridgehead atoms. The lowest BCUT2D eigenvalue weighted by molar-refractivity contribution is 0.194. The van der Waals surface area contributed by atoms with E-state index in [2.05, 4.69) is 49.6 Å². The first kappa shape index (κ1) is 13.9. The summed E-state index contributed by atoms with van der Waals surface area (Å²) in [4.78, 5) is 5.37. The number of benzene rings is 1. The molecule has 1 unspecified atom stereocenters. The quantitative estimate of drug-likeness (QED) is 0.802. The first-order valence-corrected chi connectivity index (χ1v) is 8.18. The van der Waals surface area contributed by atoms with E-state index in [1.807, 2.05) is 0 Å². The minimum atomic E-state index is 0.554. The van der Waals surface area contributed by atoms with Crippen LogP contribution in [-0.2, 0) is 0 Å². The molecule has 1 saturated heterocycles. The second-order valence-electron chi connectivity index (χ2n) is 6.75. The molecule has 2 aliphatic rings. The molecule has 2 heteroatoms. The lowest BCUT2D eigenvalue weighted by Gasteiger charge is -2.34. The highest BCUT2D eigenvalue weighted by atomic mass is 15.4. The Hall–Kier alpha value is -1.02. The van der Waals surface area contributed by atoms with Crippen molar-refractivity contribution in [2.75, 3.05) is 18.0 Å². The number of aryl methyl sites for hydroxylation is 3. The third-order valence-corrected chi connectivity index (χ3v) is 5.25. The van der Waals surface area contributed by atoms with Crippen LogP contribution in [-0.4, -0.2) is 30.2 Å². The summed E-state index contributed by atoms with van der Waals surface area (Å²) in [6, 6.07) is 5.49. The van der Waals surface area contributed by atoms with Crippen molar-refractivity contribution in [1.29, 1.82) is 0 Å². The molecule has 20 heavy (non-hydrogen) atoms. The zero-order chi connectivity index (χ0) is 14.3. The topological polar surface area (TPSA) is 6.48 Å². The van der Waals surface area contributed by atoms with Gasteiger partial charge in [-0.1, -0.05) is 30.5 Å². The molecular weight excluding hydrogens is 244 g/mol. The Morgan fingerprint density at radius 2 is 1.55 bits per heavy atom. The summed E-state index contributed by atoms with van der Waals surface area (Å²) in [7, 11) is 0. The summed E-state index contributed by atoms with van der Waals surface area (Å²) in [6.07, 6.45) is 6.22. The fourth-order valence-corrected chi connectivity index (χ4v) is 4.42. The molecule has 2 nitrogen and oxygen atoms in total. The lowest BCUT2D eigenvalue weighted by atomic mass is 10.0. The van der Waals surface area contributed by atoms with Crippen LogP contribution in [0.1, 0.15) is 49.3 Å². The smallest absolute Gasteiger partial charge is 0.0795 e. The Morgan fingerprint density at radius 1 is 0.950 bits per heavy atom. The van der Waals surface area contributed by atoms with Gasteiger partial charge in [0.1, 0.15) is 0 Å². The predicted octanol–water partition coefficient (Wildman–Crippen LogP) is 4.02. The molecule has 0 N–H and O–H groups in total. The van der Waals surface area contributed by atoms with Crippen molar-refractivity contribution < 1.29 is 0 Å². The minimum absolute atomic E-state index is 0.554. The van der Waals surface area contributed by atoms with Crippen LogP contribution in [0.3, 0.4) is 0 Å². The summed E-state index contributed by atoms with van der Waals surface area (Å²) in [6.45, 7) is 11.5. The maximum absolute atomic E-state index is 2.74. The molecule has 1 aromatic rings. The highest BCUT2D eigenvalue weighted by molar-refractivity contribution is 5.61. The fraction of sp³-hybridized carbons (Fsp3) is 0.667. The molecule has 3 rings (SSSR count). The van der Waals surface area contributed by atoms with E-state index in [1.54, 1.807) is 0 Å². The van der Waals surface area contributed by atoms with Gasteiger partial charge in [0, 0.05) is 24.8 Å². The number of rotatable bonds is 2. The van der Waals surface area contributed by atoms with Crippen molar-refractivity contribution in [3.63, 3.8) is 0 Å². The van der Waals surface area contributed by atoms with E-state index in [0.29, 0.717) is 6.17 Å². The van der Waals surface area contributed by atoms with Crippen LogP contribution >= 0.6 is 0 Å². The van der Waals surface area contributed by atoms with Gasteiger partial charge in [-0.2, -0.15) is 0 Å². The molecular formula is C18H28N2. The first-order chi connectivity index (χ1) is 9.58. The van der Waals surface area contributed by atoms with Gasteiger partial charge in [0.15, 0.2) is 0 Å². The molecule has 0 amide bonds. The van der Waals surface area contributed by atoms with E-state index < -0.39 is 0 Å². The van der Waals surface area contributed by atoms with Crippen LogP contribution in [0, 0.1) is 20.8 Å². The van der Waals surface area contributed by atoms with E-state index in [9.17, 15) is 0 Å². The fourth-order valence-electron chi connectivity index (χ4n) is 4.42. The maximum atomic E-state index is 2.74. The highest BCUT2D eigenvalue weighted by Gasteiger charge is 2.35. The van der Waals surface area contributed by atoms with Crippen LogP contribution in [0.25, 0.3) is 0 Å². The molecule has 1 aliphatic heterocycles. The molecule has 110 valence electrons. The largest absolute Gasteiger partial charge is 0.354 e. The van der Waals surface area contributed by atoms with E-state index in [1.165, 1.54) is 61.2 Å². The normalized spacial score (nSPS) is 24.8. The monoisotopic (exact) mass is 272 g/mol. The predicted molar refractivity (Wildman–Crippen MR) is 86.4 cm³/mol. The van der Waals surface area contributed by atoms with E-state index >= 15 is 0 Å². The third-order valence-electron chi connectivity index (χ3n) is 5.25. The molecule has 0 radical (unpaired) electrons. The van der Waals surface area contributed by atoms with Gasteiger partial charge in [-0.05, 0) is 51.7 Å². The number of hydrogen-bond acceptors (Lipinski definition) is 2. The van der Waals surface area contributed by atoms with Gasteiger partial charge < -0.3 is 4.90 Å². The average molecular weight is 272 g/mol. The van der Waals surface area contributed by atoms with Crippen LogP contribution in [0.4, 0.5) is 5.69 Å². The average Bonchev–Trinajstić information content (AvgIpc) is 2.99.